The van der Waals surface area contributed by atoms with Crippen molar-refractivity contribution in [1.82, 2.24) is 10.7 Å². The number of ether oxygens (including phenoxy) is 1. The standard InChI is InChI=1S/C23H27N5O3/c1-14-22(30)26-25-21-11-31-20-8-17(16-7-5-4-6-15(16)10-29)18(9-19(20)28(14)21)27(3)23(2)12-24-13-23/h4-9,14,24,29H,10-13H2,1-3H3,(H,26,30)/t14-/m1/s1. The van der Waals surface area contributed by atoms with E-state index in [0.29, 0.717) is 11.6 Å². The molecular weight excluding hydrogens is 394 g/mol. The number of amidine groups is 1. The SMILES string of the molecule is C[C@@H]1C(=O)NN=C2COc3cc(-c4ccccc4CO)c(N(C)C4(C)CNC4)cc3N21. The Kier molecular flexibility index (Phi) is 4.64. The summed E-state index contributed by atoms with van der Waals surface area (Å²) in [6, 6.07) is 11.6. The Morgan fingerprint density at radius 1 is 1.29 bits per heavy atom. The number of hydrogen-bond acceptors (Lipinski definition) is 7. The van der Waals surface area contributed by atoms with Crippen molar-refractivity contribution in [3.8, 4) is 16.9 Å². The van der Waals surface area contributed by atoms with E-state index in [9.17, 15) is 9.90 Å². The average molecular weight is 422 g/mol. The van der Waals surface area contributed by atoms with Crippen LogP contribution in [0, 0.1) is 0 Å². The van der Waals surface area contributed by atoms with Crippen LogP contribution < -0.4 is 25.3 Å². The zero-order valence-corrected chi connectivity index (χ0v) is 18.0. The monoisotopic (exact) mass is 421 g/mol. The van der Waals surface area contributed by atoms with Gasteiger partial charge in [-0.05, 0) is 37.1 Å². The van der Waals surface area contributed by atoms with Crippen LogP contribution in [-0.4, -0.2) is 55.2 Å². The number of aliphatic hydroxyl groups is 1. The van der Waals surface area contributed by atoms with Crippen molar-refractivity contribution >= 4 is 23.1 Å². The van der Waals surface area contributed by atoms with Gasteiger partial charge in [-0.3, -0.25) is 4.79 Å². The molecule has 1 fully saturated rings. The van der Waals surface area contributed by atoms with Gasteiger partial charge in [0.25, 0.3) is 5.91 Å². The van der Waals surface area contributed by atoms with E-state index >= 15 is 0 Å². The fraction of sp³-hybridized carbons (Fsp3) is 0.391. The number of rotatable bonds is 4. The summed E-state index contributed by atoms with van der Waals surface area (Å²) in [5, 5.41) is 17.5. The molecule has 3 aliphatic rings. The maximum Gasteiger partial charge on any atom is 0.262 e. The third-order valence-electron chi connectivity index (χ3n) is 6.69. The van der Waals surface area contributed by atoms with Crippen molar-refractivity contribution in [2.75, 3.05) is 36.5 Å². The molecule has 8 nitrogen and oxygen atoms in total. The molecule has 8 heteroatoms. The number of benzene rings is 2. The first kappa shape index (κ1) is 19.8. The van der Waals surface area contributed by atoms with Crippen molar-refractivity contribution in [3.63, 3.8) is 0 Å². The predicted octanol–water partition coefficient (Wildman–Crippen LogP) is 1.67. The molecule has 0 spiro atoms. The number of amides is 1. The molecule has 162 valence electrons. The Morgan fingerprint density at radius 2 is 2.06 bits per heavy atom. The fourth-order valence-corrected chi connectivity index (χ4v) is 4.49. The molecule has 3 aliphatic heterocycles. The molecule has 2 aromatic carbocycles. The number of hydrazone groups is 1. The van der Waals surface area contributed by atoms with Crippen LogP contribution >= 0.6 is 0 Å². The Hall–Kier alpha value is -3.10. The van der Waals surface area contributed by atoms with Crippen LogP contribution in [0.2, 0.25) is 0 Å². The van der Waals surface area contributed by atoms with Crippen LogP contribution in [0.4, 0.5) is 11.4 Å². The Bertz CT molecular complexity index is 1080. The zero-order chi connectivity index (χ0) is 21.8. The van der Waals surface area contributed by atoms with Crippen molar-refractivity contribution in [1.29, 1.82) is 0 Å². The number of anilines is 2. The summed E-state index contributed by atoms with van der Waals surface area (Å²) in [4.78, 5) is 16.6. The maximum atomic E-state index is 12.3. The summed E-state index contributed by atoms with van der Waals surface area (Å²) in [5.74, 6) is 1.25. The summed E-state index contributed by atoms with van der Waals surface area (Å²) in [7, 11) is 2.10. The first-order valence-electron chi connectivity index (χ1n) is 10.5. The van der Waals surface area contributed by atoms with E-state index in [-0.39, 0.29) is 30.7 Å². The third-order valence-corrected chi connectivity index (χ3v) is 6.69. The number of nitrogens with zero attached hydrogens (tertiary/aromatic N) is 3. The number of carbonyl (C=O) groups excluding carboxylic acids is 1. The molecule has 0 saturated carbocycles. The molecule has 5 rings (SSSR count). The van der Waals surface area contributed by atoms with E-state index in [4.69, 9.17) is 4.74 Å². The molecule has 1 amide bonds. The summed E-state index contributed by atoms with van der Waals surface area (Å²) < 4.78 is 6.06. The second kappa shape index (κ2) is 7.25. The first-order valence-corrected chi connectivity index (χ1v) is 10.5. The minimum absolute atomic E-state index is 0.0333. The number of fused-ring (bicyclic) bond motifs is 3. The first-order chi connectivity index (χ1) is 14.9. The van der Waals surface area contributed by atoms with Gasteiger partial charge < -0.3 is 25.0 Å². The van der Waals surface area contributed by atoms with Crippen LogP contribution in [0.25, 0.3) is 11.1 Å². The fourth-order valence-electron chi connectivity index (χ4n) is 4.49. The molecule has 2 aromatic rings. The number of aliphatic hydroxyl groups excluding tert-OH is 1. The number of nitrogens with one attached hydrogen (secondary N) is 2. The molecule has 0 unspecified atom stereocenters. The second-order valence-corrected chi connectivity index (χ2v) is 8.65. The quantitative estimate of drug-likeness (QED) is 0.696. The third kappa shape index (κ3) is 3.05. The maximum absolute atomic E-state index is 12.3. The van der Waals surface area contributed by atoms with Crippen molar-refractivity contribution < 1.29 is 14.6 Å². The van der Waals surface area contributed by atoms with Crippen LogP contribution in [0.1, 0.15) is 19.4 Å². The van der Waals surface area contributed by atoms with Crippen LogP contribution in [0.15, 0.2) is 41.5 Å². The van der Waals surface area contributed by atoms with Crippen LogP contribution in [-0.2, 0) is 11.4 Å². The van der Waals surface area contributed by atoms with Gasteiger partial charge in [0.05, 0.1) is 17.8 Å². The van der Waals surface area contributed by atoms with E-state index in [1.54, 1.807) is 0 Å². The molecule has 0 radical (unpaired) electrons. The molecular formula is C23H27N5O3. The zero-order valence-electron chi connectivity index (χ0n) is 18.0. The van der Waals surface area contributed by atoms with E-state index in [1.165, 1.54) is 0 Å². The van der Waals surface area contributed by atoms with Gasteiger partial charge in [0.1, 0.15) is 18.4 Å². The molecule has 3 heterocycles. The molecule has 0 aromatic heterocycles. The van der Waals surface area contributed by atoms with Gasteiger partial charge in [0, 0.05) is 31.4 Å². The largest absolute Gasteiger partial charge is 0.483 e. The molecule has 1 atom stereocenters. The molecule has 31 heavy (non-hydrogen) atoms. The highest BCUT2D eigenvalue weighted by Crippen LogP contribution is 2.45. The van der Waals surface area contributed by atoms with Gasteiger partial charge in [-0.25, -0.2) is 5.43 Å². The van der Waals surface area contributed by atoms with E-state index < -0.39 is 0 Å². The van der Waals surface area contributed by atoms with E-state index in [0.717, 1.165) is 41.2 Å². The summed E-state index contributed by atoms with van der Waals surface area (Å²) in [5.41, 5.74) is 7.21. The topological polar surface area (TPSA) is 89.4 Å². The summed E-state index contributed by atoms with van der Waals surface area (Å²) in [6.07, 6.45) is 0. The Labute approximate surface area is 181 Å². The highest BCUT2D eigenvalue weighted by molar-refractivity contribution is 6.10. The van der Waals surface area contributed by atoms with Crippen molar-refractivity contribution in [3.05, 3.63) is 42.0 Å². The van der Waals surface area contributed by atoms with Crippen molar-refractivity contribution in [2.24, 2.45) is 5.10 Å². The summed E-state index contributed by atoms with van der Waals surface area (Å²) >= 11 is 0. The normalized spacial score (nSPS) is 21.2. The van der Waals surface area contributed by atoms with Gasteiger partial charge in [-0.2, -0.15) is 5.10 Å². The lowest BCUT2D eigenvalue weighted by Crippen LogP contribution is -2.66. The highest BCUT2D eigenvalue weighted by Gasteiger charge is 2.40. The van der Waals surface area contributed by atoms with Crippen LogP contribution in [0.5, 0.6) is 5.75 Å². The van der Waals surface area contributed by atoms with Crippen LogP contribution in [0.3, 0.4) is 0 Å². The molecule has 0 aliphatic carbocycles. The van der Waals surface area contributed by atoms with Gasteiger partial charge in [0.2, 0.25) is 0 Å². The number of likely N-dealkylation sites (N-methyl/N-ethyl adjacent to an activating group) is 1. The van der Waals surface area contributed by atoms with Gasteiger partial charge in [-0.15, -0.1) is 0 Å². The van der Waals surface area contributed by atoms with E-state index in [1.807, 2.05) is 42.2 Å². The molecule has 3 N–H and O–H groups in total. The Morgan fingerprint density at radius 3 is 2.77 bits per heavy atom. The van der Waals surface area contributed by atoms with Gasteiger partial charge >= 0.3 is 0 Å². The van der Waals surface area contributed by atoms with Gasteiger partial charge in [0.15, 0.2) is 5.84 Å². The predicted molar refractivity (Wildman–Crippen MR) is 120 cm³/mol. The number of carbonyl (C=O) groups is 1. The molecule has 0 bridgehead atoms. The second-order valence-electron chi connectivity index (χ2n) is 8.65. The van der Waals surface area contributed by atoms with Gasteiger partial charge in [-0.1, -0.05) is 24.3 Å². The minimum Gasteiger partial charge on any atom is -0.483 e. The lowest BCUT2D eigenvalue weighted by Gasteiger charge is -2.49. The lowest BCUT2D eigenvalue weighted by molar-refractivity contribution is -0.122. The summed E-state index contributed by atoms with van der Waals surface area (Å²) in [6.45, 7) is 6.10. The molecule has 1 saturated heterocycles. The smallest absolute Gasteiger partial charge is 0.262 e. The van der Waals surface area contributed by atoms with E-state index in [2.05, 4.69) is 40.8 Å². The average Bonchev–Trinajstić information content (AvgIpc) is 2.78. The Balaban J connectivity index is 1.72. The van der Waals surface area contributed by atoms with Crippen molar-refractivity contribution in [2.45, 2.75) is 32.0 Å². The lowest BCUT2D eigenvalue weighted by atomic mass is 9.90. The number of hydrogen-bond donors (Lipinski definition) is 3. The highest BCUT2D eigenvalue weighted by atomic mass is 16.5. The minimum atomic E-state index is -0.384.